The minimum Gasteiger partial charge on any atom is -0.504 e. The highest BCUT2D eigenvalue weighted by Crippen LogP contribution is 2.41. The molecule has 0 unspecified atom stereocenters. The molecule has 0 saturated carbocycles. The number of carbonyl (C=O) groups excluding carboxylic acids is 5. The van der Waals surface area contributed by atoms with Gasteiger partial charge in [-0.05, 0) is 72.2 Å². The molecule has 20 heteroatoms. The first-order chi connectivity index (χ1) is 37.6. The second-order valence-electron chi connectivity index (χ2n) is 17.5. The number of aromatic hydroxyl groups is 1. The quantitative estimate of drug-likeness (QED) is 0.0141. The zero-order valence-corrected chi connectivity index (χ0v) is 43.3. The number of Topliss-reactive ketones (excluding diaryl/α,β-unsaturated/α-hetero) is 1. The van der Waals surface area contributed by atoms with Crippen molar-refractivity contribution < 1.29 is 52.8 Å². The Balaban J connectivity index is 0.732. The van der Waals surface area contributed by atoms with Gasteiger partial charge >= 0.3 is 5.97 Å². The number of thioether (sulfide) groups is 1. The third-order valence-corrected chi connectivity index (χ3v) is 12.8. The zero-order chi connectivity index (χ0) is 53.8. The van der Waals surface area contributed by atoms with Crippen molar-refractivity contribution in [3.05, 3.63) is 164 Å². The van der Waals surface area contributed by atoms with Gasteiger partial charge in [0, 0.05) is 53.4 Å². The normalized spacial score (nSPS) is 14.4. The SMILES string of the molecule is CCOC(=O)C1=C(Nc2ccccc2)S/C(=C\c2ccc(OCCOCCOCCOCCNC(=O)c3cc(NC(=O)Cc4ccc(C5=NCCN5)cc4)cc(NC(=O)Cc4ccc(C5=NCCN5)cc4)c3)c(O)c2)C1=O. The Morgan fingerprint density at radius 2 is 1.25 bits per heavy atom. The van der Waals surface area contributed by atoms with Crippen molar-refractivity contribution in [2.75, 3.05) is 102 Å². The van der Waals surface area contributed by atoms with Crippen LogP contribution in [0.4, 0.5) is 17.1 Å². The van der Waals surface area contributed by atoms with Gasteiger partial charge in [-0.15, -0.1) is 0 Å². The summed E-state index contributed by atoms with van der Waals surface area (Å²) in [5.41, 5.74) is 5.57. The number of ketones is 1. The first-order valence-corrected chi connectivity index (χ1v) is 26.0. The molecule has 5 aromatic rings. The van der Waals surface area contributed by atoms with Gasteiger partial charge in [-0.25, -0.2) is 4.79 Å². The Bertz CT molecular complexity index is 2930. The maximum atomic E-state index is 13.4. The van der Waals surface area contributed by atoms with Crippen LogP contribution in [0.3, 0.4) is 0 Å². The predicted octanol–water partition coefficient (Wildman–Crippen LogP) is 5.86. The maximum absolute atomic E-state index is 13.4. The number of ether oxygens (including phenoxy) is 5. The van der Waals surface area contributed by atoms with E-state index in [1.165, 1.54) is 6.07 Å². The Morgan fingerprint density at radius 3 is 1.79 bits per heavy atom. The monoisotopic (exact) mass is 1060 g/mol. The number of benzene rings is 5. The van der Waals surface area contributed by atoms with Gasteiger partial charge in [0.15, 0.2) is 11.5 Å². The van der Waals surface area contributed by atoms with E-state index in [1.54, 1.807) is 43.3 Å². The van der Waals surface area contributed by atoms with Crippen LogP contribution < -0.4 is 36.6 Å². The fourth-order valence-corrected chi connectivity index (χ4v) is 9.13. The second kappa shape index (κ2) is 28.0. The maximum Gasteiger partial charge on any atom is 0.344 e. The molecule has 3 aliphatic rings. The van der Waals surface area contributed by atoms with Crippen LogP contribution in [0.5, 0.6) is 11.5 Å². The molecule has 0 bridgehead atoms. The molecule has 0 atom stereocenters. The highest BCUT2D eigenvalue weighted by Gasteiger charge is 2.35. The molecule has 0 fully saturated rings. The van der Waals surface area contributed by atoms with Crippen LogP contribution in [0.2, 0.25) is 0 Å². The number of hydrogen-bond donors (Lipinski definition) is 7. The molecule has 7 N–H and O–H groups in total. The highest BCUT2D eigenvalue weighted by atomic mass is 32.2. The van der Waals surface area contributed by atoms with Gasteiger partial charge < -0.3 is 60.7 Å². The molecule has 0 aromatic heterocycles. The number of hydrogen-bond acceptors (Lipinski definition) is 17. The van der Waals surface area contributed by atoms with Crippen LogP contribution in [0, 0.1) is 0 Å². The van der Waals surface area contributed by atoms with Gasteiger partial charge in [-0.3, -0.25) is 29.2 Å². The highest BCUT2D eigenvalue weighted by molar-refractivity contribution is 8.08. The van der Waals surface area contributed by atoms with Crippen LogP contribution in [-0.2, 0) is 51.0 Å². The minimum atomic E-state index is -0.714. The second-order valence-corrected chi connectivity index (χ2v) is 18.5. The summed E-state index contributed by atoms with van der Waals surface area (Å²) in [5.74, 6) is -0.438. The number of nitrogens with one attached hydrogen (secondary N) is 6. The molecule has 19 nitrogen and oxygen atoms in total. The first kappa shape index (κ1) is 54.9. The fraction of sp³-hybridized carbons (Fsp3) is 0.281. The number of aliphatic imine (C=N–C) groups is 2. The lowest BCUT2D eigenvalue weighted by molar-refractivity contribution is -0.139. The summed E-state index contributed by atoms with van der Waals surface area (Å²) in [6.07, 6.45) is 1.77. The smallest absolute Gasteiger partial charge is 0.344 e. The van der Waals surface area contributed by atoms with E-state index in [0.717, 1.165) is 71.9 Å². The summed E-state index contributed by atoms with van der Waals surface area (Å²) in [7, 11) is 0. The number of amides is 3. The van der Waals surface area contributed by atoms with E-state index in [-0.39, 0.29) is 100 Å². The molecule has 3 aliphatic heterocycles. The van der Waals surface area contributed by atoms with Crippen molar-refractivity contribution in [3.8, 4) is 11.5 Å². The number of allylic oxidation sites excluding steroid dienone is 1. The molecular weight excluding hydrogens is 1000 g/mol. The Hall–Kier alpha value is -8.30. The summed E-state index contributed by atoms with van der Waals surface area (Å²) in [5, 5.41) is 29.3. The number of phenolic OH excluding ortho intramolecular Hbond substituents is 1. The molecule has 5 aromatic carbocycles. The van der Waals surface area contributed by atoms with Gasteiger partial charge in [0.05, 0.1) is 82.1 Å². The number of anilines is 3. The first-order valence-electron chi connectivity index (χ1n) is 25.2. The van der Waals surface area contributed by atoms with Gasteiger partial charge in [0.2, 0.25) is 17.6 Å². The van der Waals surface area contributed by atoms with E-state index in [2.05, 4.69) is 41.9 Å². The van der Waals surface area contributed by atoms with Crippen molar-refractivity contribution in [1.82, 2.24) is 16.0 Å². The summed E-state index contributed by atoms with van der Waals surface area (Å²) in [6, 6.07) is 33.9. The lowest BCUT2D eigenvalue weighted by Crippen LogP contribution is -2.28. The van der Waals surface area contributed by atoms with E-state index in [4.69, 9.17) is 23.7 Å². The van der Waals surface area contributed by atoms with Crippen LogP contribution in [0.1, 0.15) is 45.1 Å². The molecule has 0 spiro atoms. The van der Waals surface area contributed by atoms with E-state index >= 15 is 0 Å². The summed E-state index contributed by atoms with van der Waals surface area (Å²) < 4.78 is 27.7. The molecule has 0 aliphatic carbocycles. The number of nitrogens with zero attached hydrogens (tertiary/aromatic N) is 2. The molecule has 0 radical (unpaired) electrons. The van der Waals surface area contributed by atoms with Crippen molar-refractivity contribution in [2.24, 2.45) is 9.98 Å². The van der Waals surface area contributed by atoms with Gasteiger partial charge in [-0.2, -0.15) is 0 Å². The largest absolute Gasteiger partial charge is 0.504 e. The van der Waals surface area contributed by atoms with E-state index in [0.29, 0.717) is 39.2 Å². The Kier molecular flexibility index (Phi) is 20.0. The van der Waals surface area contributed by atoms with Crippen molar-refractivity contribution >= 4 is 76.0 Å². The van der Waals surface area contributed by atoms with Gasteiger partial charge in [0.1, 0.15) is 23.9 Å². The van der Waals surface area contributed by atoms with E-state index < -0.39 is 17.7 Å². The number of rotatable bonds is 27. The topological polar surface area (TPSA) is 249 Å². The minimum absolute atomic E-state index is 0.0796. The van der Waals surface area contributed by atoms with Crippen LogP contribution >= 0.6 is 11.8 Å². The van der Waals surface area contributed by atoms with Crippen molar-refractivity contribution in [3.63, 3.8) is 0 Å². The number of para-hydroxylation sites is 1. The van der Waals surface area contributed by atoms with Crippen molar-refractivity contribution in [1.29, 1.82) is 0 Å². The number of phenols is 1. The zero-order valence-electron chi connectivity index (χ0n) is 42.5. The standard InChI is InChI=1S/C57H60N8O11S/c1-2-75-57(71)51-52(69)48(77-56(51)65-43-6-4-3-5-7-43)31-39-12-17-47(46(66)30-39)76-29-28-74-27-26-73-25-24-72-23-22-62-55(70)42-34-44(63-49(67)32-37-8-13-40(14-9-37)53-58-18-19-59-53)36-45(35-42)64-50(68)33-38-10-15-41(16-11-38)54-60-20-21-61-54/h3-17,30-31,34-36,65-66H,2,18-29,32-33H2,1H3,(H,58,59)(H,60,61)(H,62,70)(H,63,67)(H,64,68)/b48-31-. The average Bonchev–Trinajstić information content (AvgIpc) is 4.23. The Labute approximate surface area is 449 Å². The lowest BCUT2D eigenvalue weighted by atomic mass is 10.1. The number of amidine groups is 2. The van der Waals surface area contributed by atoms with Crippen LogP contribution in [0.15, 0.2) is 141 Å². The van der Waals surface area contributed by atoms with Crippen molar-refractivity contribution in [2.45, 2.75) is 19.8 Å². The average molecular weight is 1070 g/mol. The summed E-state index contributed by atoms with van der Waals surface area (Å²) in [6.45, 7) is 6.76. The predicted molar refractivity (Wildman–Crippen MR) is 295 cm³/mol. The number of esters is 1. The van der Waals surface area contributed by atoms with E-state index in [9.17, 15) is 29.1 Å². The van der Waals surface area contributed by atoms with E-state index in [1.807, 2.05) is 78.9 Å². The molecule has 77 heavy (non-hydrogen) atoms. The van der Waals surface area contributed by atoms with Gasteiger partial charge in [0.25, 0.3) is 5.91 Å². The fourth-order valence-electron chi connectivity index (χ4n) is 8.07. The van der Waals surface area contributed by atoms with Crippen LogP contribution in [-0.4, -0.2) is 132 Å². The molecule has 3 amide bonds. The van der Waals surface area contributed by atoms with Gasteiger partial charge in [-0.1, -0.05) is 84.6 Å². The molecule has 400 valence electrons. The third kappa shape index (κ3) is 16.3. The Morgan fingerprint density at radius 1 is 0.675 bits per heavy atom. The molecule has 0 saturated heterocycles. The molecular formula is C57H60N8O11S. The summed E-state index contributed by atoms with van der Waals surface area (Å²) >= 11 is 1.11. The molecule has 8 rings (SSSR count). The number of carbonyl (C=O) groups is 5. The van der Waals surface area contributed by atoms with Crippen LogP contribution in [0.25, 0.3) is 6.08 Å². The third-order valence-electron chi connectivity index (χ3n) is 11.7. The summed E-state index contributed by atoms with van der Waals surface area (Å²) in [4.78, 5) is 75.2. The molecule has 3 heterocycles. The lowest BCUT2D eigenvalue weighted by Gasteiger charge is -2.13.